The van der Waals surface area contributed by atoms with Crippen molar-refractivity contribution in [1.82, 2.24) is 9.80 Å². The zero-order valence-electron chi connectivity index (χ0n) is 11.8. The number of urea groups is 1. The maximum absolute atomic E-state index is 12.4. The number of likely N-dealkylation sites (tertiary alicyclic amines) is 1. The molecule has 2 unspecified atom stereocenters. The van der Waals surface area contributed by atoms with Crippen LogP contribution in [0.15, 0.2) is 0 Å². The maximum atomic E-state index is 12.4. The molecule has 5 heteroatoms. The highest BCUT2D eigenvalue weighted by molar-refractivity contribution is 5.80. The molecule has 0 spiro atoms. The highest BCUT2D eigenvalue weighted by atomic mass is 16.4. The van der Waals surface area contributed by atoms with Crippen LogP contribution >= 0.6 is 0 Å². The van der Waals surface area contributed by atoms with Crippen LogP contribution in [0, 0.1) is 17.8 Å². The van der Waals surface area contributed by atoms with Crippen LogP contribution in [0.4, 0.5) is 4.79 Å². The van der Waals surface area contributed by atoms with Gasteiger partial charge in [-0.15, -0.1) is 0 Å². The molecule has 2 amide bonds. The first-order valence-corrected chi connectivity index (χ1v) is 7.23. The molecule has 1 aliphatic heterocycles. The molecule has 0 aromatic carbocycles. The Balaban J connectivity index is 1.96. The molecular formula is C14H24N2O3. The second kappa shape index (κ2) is 5.80. The Kier molecular flexibility index (Phi) is 4.32. The zero-order valence-corrected chi connectivity index (χ0v) is 11.8. The number of aliphatic carboxylic acids is 1. The Labute approximate surface area is 114 Å². The van der Waals surface area contributed by atoms with Gasteiger partial charge in [0.2, 0.25) is 0 Å². The van der Waals surface area contributed by atoms with E-state index in [9.17, 15) is 9.59 Å². The molecule has 1 saturated heterocycles. The molecule has 5 nitrogen and oxygen atoms in total. The van der Waals surface area contributed by atoms with E-state index in [1.165, 1.54) is 24.2 Å². The summed E-state index contributed by atoms with van der Waals surface area (Å²) in [6.07, 6.45) is 3.72. The summed E-state index contributed by atoms with van der Waals surface area (Å²) in [6, 6.07) is -0.0921. The topological polar surface area (TPSA) is 60.9 Å². The lowest BCUT2D eigenvalue weighted by Crippen LogP contribution is -2.46. The van der Waals surface area contributed by atoms with Crippen molar-refractivity contribution in [3.05, 3.63) is 0 Å². The number of fused-ring (bicyclic) bond motifs is 1. The third-order valence-corrected chi connectivity index (χ3v) is 4.18. The monoisotopic (exact) mass is 268 g/mol. The van der Waals surface area contributed by atoms with Crippen LogP contribution in [-0.2, 0) is 4.79 Å². The first kappa shape index (κ1) is 14.2. The number of carboxylic acid groups (broad SMARTS) is 1. The van der Waals surface area contributed by atoms with E-state index in [4.69, 9.17) is 5.11 Å². The lowest BCUT2D eigenvalue weighted by Gasteiger charge is -2.28. The predicted octanol–water partition coefficient (Wildman–Crippen LogP) is 1.88. The third kappa shape index (κ3) is 3.39. The fourth-order valence-electron chi connectivity index (χ4n) is 3.41. The molecule has 0 radical (unpaired) electrons. The van der Waals surface area contributed by atoms with Gasteiger partial charge in [0.25, 0.3) is 0 Å². The molecule has 1 heterocycles. The Morgan fingerprint density at radius 2 is 1.84 bits per heavy atom. The molecule has 1 N–H and O–H groups in total. The molecule has 1 aliphatic carbocycles. The van der Waals surface area contributed by atoms with E-state index >= 15 is 0 Å². The second-order valence-electron chi connectivity index (χ2n) is 6.31. The normalized spacial score (nSPS) is 25.7. The molecule has 108 valence electrons. The fourth-order valence-corrected chi connectivity index (χ4v) is 3.41. The van der Waals surface area contributed by atoms with Crippen molar-refractivity contribution < 1.29 is 14.7 Å². The Bertz CT molecular complexity index is 345. The summed E-state index contributed by atoms with van der Waals surface area (Å²) < 4.78 is 0. The van der Waals surface area contributed by atoms with E-state index in [1.807, 2.05) is 18.7 Å². The van der Waals surface area contributed by atoms with Crippen molar-refractivity contribution in [3.8, 4) is 0 Å². The number of carbonyl (C=O) groups excluding carboxylic acids is 1. The summed E-state index contributed by atoms with van der Waals surface area (Å²) in [6.45, 7) is 5.96. The van der Waals surface area contributed by atoms with Gasteiger partial charge in [0.15, 0.2) is 0 Å². The molecule has 0 aromatic heterocycles. The number of nitrogens with zero attached hydrogens (tertiary/aromatic N) is 2. The van der Waals surface area contributed by atoms with Gasteiger partial charge in [0.1, 0.15) is 6.54 Å². The van der Waals surface area contributed by atoms with Gasteiger partial charge in [0, 0.05) is 19.6 Å². The quantitative estimate of drug-likeness (QED) is 0.847. The lowest BCUT2D eigenvalue weighted by atomic mass is 10.0. The molecule has 2 atom stereocenters. The smallest absolute Gasteiger partial charge is 0.323 e. The minimum absolute atomic E-state index is 0.0921. The predicted molar refractivity (Wildman–Crippen MR) is 71.8 cm³/mol. The van der Waals surface area contributed by atoms with Gasteiger partial charge < -0.3 is 14.9 Å². The Hall–Kier alpha value is -1.26. The van der Waals surface area contributed by atoms with Crippen LogP contribution in [0.2, 0.25) is 0 Å². The fraction of sp³-hybridized carbons (Fsp3) is 0.857. The van der Waals surface area contributed by atoms with Crippen LogP contribution in [-0.4, -0.2) is 53.1 Å². The van der Waals surface area contributed by atoms with E-state index in [2.05, 4.69) is 0 Å². The van der Waals surface area contributed by atoms with E-state index in [-0.39, 0.29) is 18.5 Å². The summed E-state index contributed by atoms with van der Waals surface area (Å²) in [5, 5.41) is 8.94. The van der Waals surface area contributed by atoms with E-state index in [0.29, 0.717) is 18.4 Å². The van der Waals surface area contributed by atoms with Crippen molar-refractivity contribution in [2.45, 2.75) is 33.1 Å². The molecule has 19 heavy (non-hydrogen) atoms. The van der Waals surface area contributed by atoms with Crippen molar-refractivity contribution in [3.63, 3.8) is 0 Å². The number of hydrogen-bond donors (Lipinski definition) is 1. The minimum Gasteiger partial charge on any atom is -0.480 e. The van der Waals surface area contributed by atoms with E-state index in [0.717, 1.165) is 13.1 Å². The summed E-state index contributed by atoms with van der Waals surface area (Å²) in [7, 11) is 0. The van der Waals surface area contributed by atoms with Crippen LogP contribution in [0.5, 0.6) is 0 Å². The molecule has 2 fully saturated rings. The van der Waals surface area contributed by atoms with Crippen LogP contribution < -0.4 is 0 Å². The SMILES string of the molecule is CC(C)CN(CC(=O)O)C(=O)N1CC2CCCC2C1. The number of carboxylic acids is 1. The van der Waals surface area contributed by atoms with Gasteiger partial charge in [-0.05, 0) is 30.6 Å². The summed E-state index contributed by atoms with van der Waals surface area (Å²) in [5.41, 5.74) is 0. The maximum Gasteiger partial charge on any atom is 0.323 e. The first-order chi connectivity index (χ1) is 8.97. The van der Waals surface area contributed by atoms with Gasteiger partial charge in [-0.1, -0.05) is 20.3 Å². The summed E-state index contributed by atoms with van der Waals surface area (Å²) in [5.74, 6) is 0.642. The number of amides is 2. The number of carbonyl (C=O) groups is 2. The van der Waals surface area contributed by atoms with Crippen molar-refractivity contribution in [2.75, 3.05) is 26.2 Å². The second-order valence-corrected chi connectivity index (χ2v) is 6.31. The Morgan fingerprint density at radius 1 is 1.26 bits per heavy atom. The molecule has 2 aliphatic rings. The van der Waals surface area contributed by atoms with Crippen LogP contribution in [0.25, 0.3) is 0 Å². The van der Waals surface area contributed by atoms with Crippen LogP contribution in [0.1, 0.15) is 33.1 Å². The van der Waals surface area contributed by atoms with Gasteiger partial charge in [-0.25, -0.2) is 4.79 Å². The van der Waals surface area contributed by atoms with E-state index in [1.54, 1.807) is 0 Å². The summed E-state index contributed by atoms with van der Waals surface area (Å²) >= 11 is 0. The number of rotatable bonds is 4. The van der Waals surface area contributed by atoms with Gasteiger partial charge in [0.05, 0.1) is 0 Å². The van der Waals surface area contributed by atoms with Gasteiger partial charge in [-0.3, -0.25) is 4.79 Å². The highest BCUT2D eigenvalue weighted by Gasteiger charge is 2.39. The average molecular weight is 268 g/mol. The molecule has 0 bridgehead atoms. The molecule has 0 aromatic rings. The molecule has 2 rings (SSSR count). The Morgan fingerprint density at radius 3 is 2.32 bits per heavy atom. The number of hydrogen-bond acceptors (Lipinski definition) is 2. The van der Waals surface area contributed by atoms with Crippen LogP contribution in [0.3, 0.4) is 0 Å². The average Bonchev–Trinajstić information content (AvgIpc) is 2.85. The lowest BCUT2D eigenvalue weighted by molar-refractivity contribution is -0.137. The van der Waals surface area contributed by atoms with Crippen molar-refractivity contribution in [2.24, 2.45) is 17.8 Å². The van der Waals surface area contributed by atoms with Gasteiger partial charge in [-0.2, -0.15) is 0 Å². The van der Waals surface area contributed by atoms with Crippen molar-refractivity contribution in [1.29, 1.82) is 0 Å². The minimum atomic E-state index is -0.937. The van der Waals surface area contributed by atoms with E-state index < -0.39 is 5.97 Å². The third-order valence-electron chi connectivity index (χ3n) is 4.18. The standard InChI is InChI=1S/C14H24N2O3/c1-10(2)6-15(9-13(17)18)14(19)16-7-11-4-3-5-12(11)8-16/h10-12H,3-9H2,1-2H3,(H,17,18). The first-order valence-electron chi connectivity index (χ1n) is 7.23. The van der Waals surface area contributed by atoms with Gasteiger partial charge >= 0.3 is 12.0 Å². The molecule has 1 saturated carbocycles. The van der Waals surface area contributed by atoms with Crippen molar-refractivity contribution >= 4 is 12.0 Å². The largest absolute Gasteiger partial charge is 0.480 e. The summed E-state index contributed by atoms with van der Waals surface area (Å²) in [4.78, 5) is 26.7. The zero-order chi connectivity index (χ0) is 14.0. The highest BCUT2D eigenvalue weighted by Crippen LogP contribution is 2.37. The molecular weight excluding hydrogens is 244 g/mol.